The fourth-order valence-electron chi connectivity index (χ4n) is 2.96. The van der Waals surface area contributed by atoms with Crippen LogP contribution in [0.5, 0.6) is 5.75 Å². The van der Waals surface area contributed by atoms with Crippen molar-refractivity contribution in [1.82, 2.24) is 5.43 Å². The molecule has 0 aromatic heterocycles. The van der Waals surface area contributed by atoms with Gasteiger partial charge in [0, 0.05) is 23.7 Å². The van der Waals surface area contributed by atoms with Gasteiger partial charge in [-0.15, -0.1) is 0 Å². The van der Waals surface area contributed by atoms with E-state index in [0.29, 0.717) is 27.0 Å². The number of benzene rings is 2. The number of anilines is 1. The van der Waals surface area contributed by atoms with Gasteiger partial charge in [0.05, 0.1) is 16.9 Å². The zero-order chi connectivity index (χ0) is 20.1. The highest BCUT2D eigenvalue weighted by Gasteiger charge is 2.17. The fraction of sp³-hybridized carbons (Fsp3) is 0.300. The molecule has 0 bridgehead atoms. The molecule has 3 rings (SSSR count). The Labute approximate surface area is 173 Å². The van der Waals surface area contributed by atoms with E-state index in [2.05, 4.69) is 10.5 Å². The molecule has 148 valence electrons. The van der Waals surface area contributed by atoms with Gasteiger partial charge in [-0.1, -0.05) is 23.2 Å². The van der Waals surface area contributed by atoms with Gasteiger partial charge in [-0.25, -0.2) is 9.82 Å². The molecule has 0 aliphatic carbocycles. The Bertz CT molecular complexity index is 899. The average molecular weight is 424 g/mol. The number of nitrogens with zero attached hydrogens (tertiary/aromatic N) is 2. The zero-order valence-electron chi connectivity index (χ0n) is 15.3. The molecule has 1 heterocycles. The van der Waals surface area contributed by atoms with Gasteiger partial charge in [-0.3, -0.25) is 4.79 Å². The SMILES string of the molecule is Cc1cc(N2CCCC2)c(F)cc1C=NNC(=O)COc1ccc(Cl)cc1Cl. The van der Waals surface area contributed by atoms with Crippen molar-refractivity contribution in [2.45, 2.75) is 19.8 Å². The summed E-state index contributed by atoms with van der Waals surface area (Å²) in [4.78, 5) is 13.9. The molecule has 0 saturated carbocycles. The molecule has 2 aromatic carbocycles. The summed E-state index contributed by atoms with van der Waals surface area (Å²) in [6, 6.07) is 7.97. The largest absolute Gasteiger partial charge is 0.482 e. The number of ether oxygens (including phenoxy) is 1. The van der Waals surface area contributed by atoms with Crippen molar-refractivity contribution in [1.29, 1.82) is 0 Å². The van der Waals surface area contributed by atoms with Crippen molar-refractivity contribution in [2.24, 2.45) is 5.10 Å². The quantitative estimate of drug-likeness (QED) is 0.546. The minimum absolute atomic E-state index is 0.264. The molecule has 2 aromatic rings. The molecule has 1 N–H and O–H groups in total. The van der Waals surface area contributed by atoms with Crippen LogP contribution in [0.3, 0.4) is 0 Å². The minimum atomic E-state index is -0.464. The van der Waals surface area contributed by atoms with Gasteiger partial charge in [0.2, 0.25) is 0 Å². The molecule has 0 spiro atoms. The van der Waals surface area contributed by atoms with Gasteiger partial charge in [0.15, 0.2) is 6.61 Å². The normalized spacial score (nSPS) is 13.9. The van der Waals surface area contributed by atoms with Gasteiger partial charge in [-0.2, -0.15) is 5.10 Å². The first kappa shape index (κ1) is 20.4. The lowest BCUT2D eigenvalue weighted by atomic mass is 10.1. The van der Waals surface area contributed by atoms with E-state index in [1.807, 2.05) is 17.9 Å². The van der Waals surface area contributed by atoms with Crippen LogP contribution in [0.25, 0.3) is 0 Å². The molecular weight excluding hydrogens is 404 g/mol. The third-order valence-electron chi connectivity index (χ3n) is 4.43. The number of nitrogens with one attached hydrogen (secondary N) is 1. The van der Waals surface area contributed by atoms with Crippen LogP contribution in [-0.4, -0.2) is 31.8 Å². The maximum atomic E-state index is 14.4. The number of halogens is 3. The van der Waals surface area contributed by atoms with Crippen molar-refractivity contribution < 1.29 is 13.9 Å². The van der Waals surface area contributed by atoms with Crippen LogP contribution in [-0.2, 0) is 4.79 Å². The third-order valence-corrected chi connectivity index (χ3v) is 4.96. The van der Waals surface area contributed by atoms with Gasteiger partial charge >= 0.3 is 0 Å². The van der Waals surface area contributed by atoms with Crippen molar-refractivity contribution in [3.05, 3.63) is 57.3 Å². The van der Waals surface area contributed by atoms with E-state index in [9.17, 15) is 9.18 Å². The first-order valence-corrected chi connectivity index (χ1v) is 9.64. The summed E-state index contributed by atoms with van der Waals surface area (Å²) in [5.74, 6) is -0.407. The highest BCUT2D eigenvalue weighted by atomic mass is 35.5. The number of carbonyl (C=O) groups is 1. The second-order valence-corrected chi connectivity index (χ2v) is 7.35. The lowest BCUT2D eigenvalue weighted by Gasteiger charge is -2.19. The van der Waals surface area contributed by atoms with E-state index < -0.39 is 5.91 Å². The summed E-state index contributed by atoms with van der Waals surface area (Å²) in [6.45, 7) is 3.36. The van der Waals surface area contributed by atoms with Crippen molar-refractivity contribution in [2.75, 3.05) is 24.6 Å². The third kappa shape index (κ3) is 5.14. The molecular formula is C20H20Cl2FN3O2. The summed E-state index contributed by atoms with van der Waals surface area (Å²) >= 11 is 11.8. The predicted octanol–water partition coefficient (Wildman–Crippen LogP) is 4.57. The molecule has 1 fully saturated rings. The molecule has 1 amide bonds. The maximum Gasteiger partial charge on any atom is 0.277 e. The van der Waals surface area contributed by atoms with Gasteiger partial charge in [0.1, 0.15) is 11.6 Å². The van der Waals surface area contributed by atoms with E-state index >= 15 is 0 Å². The van der Waals surface area contributed by atoms with E-state index in [-0.39, 0.29) is 12.4 Å². The lowest BCUT2D eigenvalue weighted by molar-refractivity contribution is -0.123. The molecule has 1 aliphatic rings. The Morgan fingerprint density at radius 2 is 2.04 bits per heavy atom. The smallest absolute Gasteiger partial charge is 0.277 e. The molecule has 0 atom stereocenters. The van der Waals surface area contributed by atoms with E-state index in [0.717, 1.165) is 31.5 Å². The highest BCUT2D eigenvalue weighted by Crippen LogP contribution is 2.28. The van der Waals surface area contributed by atoms with E-state index in [1.165, 1.54) is 18.3 Å². The Balaban J connectivity index is 1.56. The number of aryl methyl sites for hydroxylation is 1. The van der Waals surface area contributed by atoms with Crippen LogP contribution in [0.1, 0.15) is 24.0 Å². The number of carbonyl (C=O) groups excluding carboxylic acids is 1. The van der Waals surface area contributed by atoms with Crippen LogP contribution in [0.2, 0.25) is 10.0 Å². The number of hydrazone groups is 1. The molecule has 28 heavy (non-hydrogen) atoms. The number of hydrogen-bond donors (Lipinski definition) is 1. The van der Waals surface area contributed by atoms with Crippen LogP contribution in [0, 0.1) is 12.7 Å². The van der Waals surface area contributed by atoms with Gasteiger partial charge in [-0.05, 0) is 55.7 Å². The van der Waals surface area contributed by atoms with Crippen LogP contribution < -0.4 is 15.1 Å². The summed E-state index contributed by atoms with van der Waals surface area (Å²) in [5.41, 5.74) is 4.45. The summed E-state index contributed by atoms with van der Waals surface area (Å²) < 4.78 is 19.7. The van der Waals surface area contributed by atoms with Crippen molar-refractivity contribution in [3.8, 4) is 5.75 Å². The number of rotatable bonds is 6. The first-order chi connectivity index (χ1) is 13.4. The molecule has 1 saturated heterocycles. The Morgan fingerprint density at radius 1 is 1.29 bits per heavy atom. The summed E-state index contributed by atoms with van der Waals surface area (Å²) in [6.07, 6.45) is 3.58. The van der Waals surface area contributed by atoms with Crippen molar-refractivity contribution in [3.63, 3.8) is 0 Å². The number of amides is 1. The monoisotopic (exact) mass is 423 g/mol. The highest BCUT2D eigenvalue weighted by molar-refractivity contribution is 6.35. The Kier molecular flexibility index (Phi) is 6.75. The minimum Gasteiger partial charge on any atom is -0.482 e. The predicted molar refractivity (Wildman–Crippen MR) is 110 cm³/mol. The zero-order valence-corrected chi connectivity index (χ0v) is 16.9. The maximum absolute atomic E-state index is 14.4. The molecule has 1 aliphatic heterocycles. The second-order valence-electron chi connectivity index (χ2n) is 6.51. The molecule has 5 nitrogen and oxygen atoms in total. The van der Waals surface area contributed by atoms with Crippen LogP contribution in [0.15, 0.2) is 35.4 Å². The van der Waals surface area contributed by atoms with E-state index in [1.54, 1.807) is 12.1 Å². The second kappa shape index (κ2) is 9.26. The fourth-order valence-corrected chi connectivity index (χ4v) is 3.43. The van der Waals surface area contributed by atoms with Gasteiger partial charge in [0.25, 0.3) is 5.91 Å². The standard InChI is InChI=1S/C20H20Cl2FN3O2/c1-13-8-18(26-6-2-3-7-26)17(23)9-14(13)11-24-25-20(27)12-28-19-5-4-15(21)10-16(19)22/h4-5,8-11H,2-3,6-7,12H2,1H3,(H,25,27). The average Bonchev–Trinajstić information content (AvgIpc) is 3.18. The molecule has 8 heteroatoms. The topological polar surface area (TPSA) is 53.9 Å². The van der Waals surface area contributed by atoms with Crippen molar-refractivity contribution >= 4 is 41.0 Å². The van der Waals surface area contributed by atoms with Gasteiger partial charge < -0.3 is 9.64 Å². The van der Waals surface area contributed by atoms with Crippen LogP contribution in [0.4, 0.5) is 10.1 Å². The van der Waals surface area contributed by atoms with E-state index in [4.69, 9.17) is 27.9 Å². The lowest BCUT2D eigenvalue weighted by Crippen LogP contribution is -2.24. The summed E-state index contributed by atoms with van der Waals surface area (Å²) in [5, 5.41) is 4.67. The first-order valence-electron chi connectivity index (χ1n) is 8.89. The number of hydrogen-bond acceptors (Lipinski definition) is 4. The summed E-state index contributed by atoms with van der Waals surface area (Å²) in [7, 11) is 0. The van der Waals surface area contributed by atoms with Crippen LogP contribution >= 0.6 is 23.2 Å². The Hall–Kier alpha value is -2.31. The molecule has 0 unspecified atom stereocenters. The Morgan fingerprint density at radius 3 is 2.75 bits per heavy atom. The molecule has 0 radical (unpaired) electrons.